The Morgan fingerprint density at radius 1 is 0.909 bits per heavy atom. The lowest BCUT2D eigenvalue weighted by Crippen LogP contribution is -2.70. The van der Waals surface area contributed by atoms with E-state index in [0.29, 0.717) is 0 Å². The topological polar surface area (TPSA) is 41.6 Å². The van der Waals surface area contributed by atoms with Crippen molar-refractivity contribution < 1.29 is 9.53 Å². The van der Waals surface area contributed by atoms with Gasteiger partial charge in [-0.25, -0.2) is 0 Å². The molecule has 0 bridgehead atoms. The first kappa shape index (κ1) is 20.0. The Labute approximate surface area is 193 Å². The number of Topliss-reactive ketones (excluding diaryl/α,β-unsaturated/α-hetero) is 1. The molecule has 4 nitrogen and oxygen atoms in total. The fourth-order valence-electron chi connectivity index (χ4n) is 5.62. The van der Waals surface area contributed by atoms with E-state index in [1.54, 1.807) is 7.11 Å². The molecule has 164 valence electrons. The predicted octanol–water partition coefficient (Wildman–Crippen LogP) is 5.50. The van der Waals surface area contributed by atoms with Crippen LogP contribution in [0.15, 0.2) is 91.0 Å². The highest BCUT2D eigenvalue weighted by Gasteiger charge is 2.55. The molecule has 2 aliphatic heterocycles. The fraction of sp³-hybridized carbons (Fsp3) is 0.207. The maximum absolute atomic E-state index is 13.7. The van der Waals surface area contributed by atoms with Crippen molar-refractivity contribution in [3.8, 4) is 5.75 Å². The van der Waals surface area contributed by atoms with Crippen LogP contribution in [0.3, 0.4) is 0 Å². The minimum Gasteiger partial charge on any atom is -0.497 e. The van der Waals surface area contributed by atoms with Crippen molar-refractivity contribution in [1.29, 1.82) is 0 Å². The summed E-state index contributed by atoms with van der Waals surface area (Å²) in [5, 5.41) is 6.34. The van der Waals surface area contributed by atoms with Gasteiger partial charge < -0.3 is 10.1 Å². The Morgan fingerprint density at radius 2 is 1.64 bits per heavy atom. The quantitative estimate of drug-likeness (QED) is 0.461. The number of anilines is 1. The molecule has 4 heteroatoms. The first-order chi connectivity index (χ1) is 16.2. The van der Waals surface area contributed by atoms with Crippen LogP contribution in [0, 0.1) is 0 Å². The zero-order valence-electron chi connectivity index (χ0n) is 18.6. The molecule has 1 fully saturated rings. The first-order valence-electron chi connectivity index (χ1n) is 11.4. The van der Waals surface area contributed by atoms with Crippen molar-refractivity contribution in [2.45, 2.75) is 18.0 Å². The van der Waals surface area contributed by atoms with E-state index in [-0.39, 0.29) is 17.2 Å². The van der Waals surface area contributed by atoms with Gasteiger partial charge in [0.2, 0.25) is 0 Å². The molecule has 33 heavy (non-hydrogen) atoms. The number of nitrogens with zero attached hydrogens (tertiary/aromatic N) is 1. The number of fused-ring (bicyclic) bond motifs is 2. The van der Waals surface area contributed by atoms with Gasteiger partial charge in [-0.15, -0.1) is 0 Å². The standard InChI is InChI=1S/C29H26N2O2/c1-33-23-15-13-21(14-16-23)27-28(32)25-11-4-5-12-26(25)30-29(27)18-31(19-29)17-22-9-6-8-20-7-2-3-10-24(20)22/h2-16,27,30H,17-19H2,1H3. The number of methoxy groups -OCH3 is 1. The Kier molecular flexibility index (Phi) is 4.70. The molecule has 0 aromatic heterocycles. The summed E-state index contributed by atoms with van der Waals surface area (Å²) in [5.74, 6) is 0.761. The predicted molar refractivity (Wildman–Crippen MR) is 132 cm³/mol. The molecule has 0 saturated carbocycles. The molecule has 1 unspecified atom stereocenters. The molecule has 0 aliphatic carbocycles. The van der Waals surface area contributed by atoms with Crippen LogP contribution in [-0.4, -0.2) is 36.4 Å². The second-order valence-corrected chi connectivity index (χ2v) is 9.18. The van der Waals surface area contributed by atoms with Crippen LogP contribution in [0.2, 0.25) is 0 Å². The SMILES string of the molecule is COc1ccc(C2C(=O)c3ccccc3NC23CN(Cc2cccc4ccccc24)C3)cc1. The molecule has 4 aromatic carbocycles. The molecule has 1 saturated heterocycles. The van der Waals surface area contributed by atoms with E-state index in [9.17, 15) is 4.79 Å². The van der Waals surface area contributed by atoms with Crippen LogP contribution in [0.25, 0.3) is 10.8 Å². The monoisotopic (exact) mass is 434 g/mol. The van der Waals surface area contributed by atoms with E-state index in [4.69, 9.17) is 4.74 Å². The lowest BCUT2D eigenvalue weighted by molar-refractivity contribution is 0.0484. The third-order valence-corrected chi connectivity index (χ3v) is 7.13. The van der Waals surface area contributed by atoms with Crippen LogP contribution in [0.1, 0.15) is 27.4 Å². The molecule has 6 rings (SSSR count). The largest absolute Gasteiger partial charge is 0.497 e. The average molecular weight is 435 g/mol. The summed E-state index contributed by atoms with van der Waals surface area (Å²) in [6, 6.07) is 30.9. The van der Waals surface area contributed by atoms with Gasteiger partial charge in [0.1, 0.15) is 5.75 Å². The van der Waals surface area contributed by atoms with E-state index in [1.807, 2.05) is 48.5 Å². The number of nitrogens with one attached hydrogen (secondary N) is 1. The lowest BCUT2D eigenvalue weighted by Gasteiger charge is -2.56. The summed E-state index contributed by atoms with van der Waals surface area (Å²) in [7, 11) is 1.66. The minimum absolute atomic E-state index is 0.194. The Bertz CT molecular complexity index is 1330. The number of rotatable bonds is 4. The summed E-state index contributed by atoms with van der Waals surface area (Å²) in [4.78, 5) is 16.2. The van der Waals surface area contributed by atoms with Crippen LogP contribution in [0.4, 0.5) is 5.69 Å². The minimum atomic E-state index is -0.315. The van der Waals surface area contributed by atoms with Gasteiger partial charge in [-0.05, 0) is 46.2 Å². The lowest BCUT2D eigenvalue weighted by atomic mass is 9.67. The maximum atomic E-state index is 13.7. The van der Waals surface area contributed by atoms with Gasteiger partial charge in [0.25, 0.3) is 0 Å². The molecule has 2 heterocycles. The van der Waals surface area contributed by atoms with Crippen LogP contribution < -0.4 is 10.1 Å². The van der Waals surface area contributed by atoms with Crippen LogP contribution >= 0.6 is 0 Å². The highest BCUT2D eigenvalue weighted by Crippen LogP contribution is 2.46. The van der Waals surface area contributed by atoms with Gasteiger partial charge in [0.15, 0.2) is 5.78 Å². The molecule has 1 N–H and O–H groups in total. The van der Waals surface area contributed by atoms with Gasteiger partial charge in [-0.1, -0.05) is 66.7 Å². The second-order valence-electron chi connectivity index (χ2n) is 9.18. The van der Waals surface area contributed by atoms with Gasteiger partial charge in [0.05, 0.1) is 18.6 Å². The van der Waals surface area contributed by atoms with E-state index in [0.717, 1.165) is 42.2 Å². The average Bonchev–Trinajstić information content (AvgIpc) is 2.84. The van der Waals surface area contributed by atoms with Gasteiger partial charge in [-0.3, -0.25) is 9.69 Å². The number of carbonyl (C=O) groups is 1. The van der Waals surface area contributed by atoms with Gasteiger partial charge in [0, 0.05) is 30.9 Å². The Hall–Kier alpha value is -3.63. The van der Waals surface area contributed by atoms with E-state index >= 15 is 0 Å². The third-order valence-electron chi connectivity index (χ3n) is 7.13. The Morgan fingerprint density at radius 3 is 2.45 bits per heavy atom. The first-order valence-corrected chi connectivity index (χ1v) is 11.4. The number of benzene rings is 4. The van der Waals surface area contributed by atoms with Crippen molar-refractivity contribution in [3.63, 3.8) is 0 Å². The van der Waals surface area contributed by atoms with Crippen molar-refractivity contribution in [1.82, 2.24) is 4.90 Å². The zero-order chi connectivity index (χ0) is 22.4. The van der Waals surface area contributed by atoms with Gasteiger partial charge in [-0.2, -0.15) is 0 Å². The third kappa shape index (κ3) is 3.30. The number of para-hydroxylation sites is 1. The summed E-state index contributed by atoms with van der Waals surface area (Å²) in [6.45, 7) is 2.50. The molecule has 1 spiro atoms. The Balaban J connectivity index is 1.33. The zero-order valence-corrected chi connectivity index (χ0v) is 18.6. The summed E-state index contributed by atoms with van der Waals surface area (Å²) in [5.41, 5.74) is 3.76. The smallest absolute Gasteiger partial charge is 0.174 e. The van der Waals surface area contributed by atoms with E-state index in [2.05, 4.69) is 52.7 Å². The number of ether oxygens (including phenoxy) is 1. The molecule has 2 aliphatic rings. The van der Waals surface area contributed by atoms with E-state index < -0.39 is 0 Å². The number of ketones is 1. The van der Waals surface area contributed by atoms with Crippen LogP contribution in [0.5, 0.6) is 5.75 Å². The van der Waals surface area contributed by atoms with E-state index in [1.165, 1.54) is 16.3 Å². The van der Waals surface area contributed by atoms with Gasteiger partial charge >= 0.3 is 0 Å². The van der Waals surface area contributed by atoms with Crippen molar-refractivity contribution in [3.05, 3.63) is 108 Å². The number of likely N-dealkylation sites (tertiary alicyclic amines) is 1. The molecule has 1 atom stereocenters. The molecule has 0 radical (unpaired) electrons. The second kappa shape index (κ2) is 7.75. The van der Waals surface area contributed by atoms with Crippen LogP contribution in [-0.2, 0) is 6.54 Å². The summed E-state index contributed by atoms with van der Waals surface area (Å²) >= 11 is 0. The highest BCUT2D eigenvalue weighted by atomic mass is 16.5. The molecule has 0 amide bonds. The molecular weight excluding hydrogens is 408 g/mol. The number of hydrogen-bond donors (Lipinski definition) is 1. The molecule has 4 aromatic rings. The normalized spacial score (nSPS) is 19.1. The number of hydrogen-bond acceptors (Lipinski definition) is 4. The summed E-state index contributed by atoms with van der Waals surface area (Å²) < 4.78 is 5.34. The maximum Gasteiger partial charge on any atom is 0.174 e. The number of carbonyl (C=O) groups excluding carboxylic acids is 1. The summed E-state index contributed by atoms with van der Waals surface area (Å²) in [6.07, 6.45) is 0. The molecular formula is C29H26N2O2. The van der Waals surface area contributed by atoms with Crippen molar-refractivity contribution >= 4 is 22.2 Å². The van der Waals surface area contributed by atoms with Crippen molar-refractivity contribution in [2.75, 3.05) is 25.5 Å². The fourth-order valence-corrected chi connectivity index (χ4v) is 5.62. The highest BCUT2D eigenvalue weighted by molar-refractivity contribution is 6.08. The van der Waals surface area contributed by atoms with Crippen molar-refractivity contribution in [2.24, 2.45) is 0 Å².